The van der Waals surface area contributed by atoms with Crippen LogP contribution in [0.2, 0.25) is 5.02 Å². The molecular weight excluding hydrogens is 410 g/mol. The number of carbonyl (C=O) groups excluding carboxylic acids is 2. The number of nitrogens with zero attached hydrogens (tertiary/aromatic N) is 2. The summed E-state index contributed by atoms with van der Waals surface area (Å²) in [4.78, 5) is 29.2. The third-order valence-electron chi connectivity index (χ3n) is 5.67. The zero-order valence-electron chi connectivity index (χ0n) is 17.8. The van der Waals surface area contributed by atoms with E-state index in [0.29, 0.717) is 29.4 Å². The lowest BCUT2D eigenvalue weighted by Crippen LogP contribution is -2.50. The molecule has 5 nitrogen and oxygen atoms in total. The van der Waals surface area contributed by atoms with Gasteiger partial charge in [0.2, 0.25) is 5.91 Å². The molecule has 4 rings (SSSR count). The van der Waals surface area contributed by atoms with Gasteiger partial charge in [-0.05, 0) is 35.0 Å². The SMILES string of the molecule is CC(C)C(=O)N1CCN(c2ccc(NC(=O)c3cccc4ccccc34)cc2Cl)CC1. The number of fused-ring (bicyclic) bond motifs is 1. The molecule has 1 aliphatic heterocycles. The van der Waals surface area contributed by atoms with Gasteiger partial charge < -0.3 is 15.1 Å². The molecule has 0 bridgehead atoms. The average Bonchev–Trinajstić information content (AvgIpc) is 2.78. The normalized spacial score (nSPS) is 14.2. The molecule has 1 aliphatic rings. The van der Waals surface area contributed by atoms with Gasteiger partial charge >= 0.3 is 0 Å². The molecule has 1 N–H and O–H groups in total. The van der Waals surface area contributed by atoms with Crippen LogP contribution in [-0.2, 0) is 4.79 Å². The Bertz CT molecular complexity index is 1120. The minimum atomic E-state index is -0.165. The van der Waals surface area contributed by atoms with E-state index in [1.165, 1.54) is 0 Å². The molecule has 1 fully saturated rings. The second-order valence-corrected chi connectivity index (χ2v) is 8.52. The fourth-order valence-electron chi connectivity index (χ4n) is 4.00. The second-order valence-electron chi connectivity index (χ2n) is 8.11. The molecule has 6 heteroatoms. The first-order valence-electron chi connectivity index (χ1n) is 10.6. The molecule has 0 saturated carbocycles. The summed E-state index contributed by atoms with van der Waals surface area (Å²) in [6, 6.07) is 19.1. The van der Waals surface area contributed by atoms with Crippen molar-refractivity contribution in [3.05, 3.63) is 71.2 Å². The van der Waals surface area contributed by atoms with Crippen LogP contribution in [-0.4, -0.2) is 42.9 Å². The highest BCUT2D eigenvalue weighted by Crippen LogP contribution is 2.30. The van der Waals surface area contributed by atoms with E-state index >= 15 is 0 Å². The van der Waals surface area contributed by atoms with Gasteiger partial charge in [0.1, 0.15) is 0 Å². The lowest BCUT2D eigenvalue weighted by molar-refractivity contribution is -0.134. The molecule has 0 unspecified atom stereocenters. The Hall–Kier alpha value is -3.05. The van der Waals surface area contributed by atoms with Crippen LogP contribution >= 0.6 is 11.6 Å². The lowest BCUT2D eigenvalue weighted by atomic mass is 10.0. The fourth-order valence-corrected chi connectivity index (χ4v) is 4.30. The molecular formula is C25H26ClN3O2. The molecule has 31 heavy (non-hydrogen) atoms. The minimum absolute atomic E-state index is 0.0137. The molecule has 3 aromatic rings. The maximum Gasteiger partial charge on any atom is 0.256 e. The summed E-state index contributed by atoms with van der Waals surface area (Å²) >= 11 is 6.56. The highest BCUT2D eigenvalue weighted by atomic mass is 35.5. The Balaban J connectivity index is 1.46. The molecule has 0 aromatic heterocycles. The molecule has 3 aromatic carbocycles. The van der Waals surface area contributed by atoms with E-state index in [1.54, 1.807) is 6.07 Å². The first-order valence-corrected chi connectivity index (χ1v) is 10.9. The van der Waals surface area contributed by atoms with Crippen LogP contribution in [0, 0.1) is 5.92 Å². The van der Waals surface area contributed by atoms with Crippen molar-refractivity contribution < 1.29 is 9.59 Å². The molecule has 0 spiro atoms. The summed E-state index contributed by atoms with van der Waals surface area (Å²) in [5.41, 5.74) is 2.20. The molecule has 160 valence electrons. The van der Waals surface area contributed by atoms with Crippen molar-refractivity contribution in [1.82, 2.24) is 4.90 Å². The average molecular weight is 436 g/mol. The van der Waals surface area contributed by atoms with E-state index in [9.17, 15) is 9.59 Å². The maximum absolute atomic E-state index is 12.9. The zero-order valence-corrected chi connectivity index (χ0v) is 18.5. The molecule has 2 amide bonds. The minimum Gasteiger partial charge on any atom is -0.367 e. The van der Waals surface area contributed by atoms with Crippen LogP contribution in [0.25, 0.3) is 10.8 Å². The van der Waals surface area contributed by atoms with Crippen LogP contribution in [0.15, 0.2) is 60.7 Å². The van der Waals surface area contributed by atoms with E-state index in [2.05, 4.69) is 10.2 Å². The molecule has 0 aliphatic carbocycles. The number of halogens is 1. The van der Waals surface area contributed by atoms with Crippen LogP contribution in [0.5, 0.6) is 0 Å². The van der Waals surface area contributed by atoms with E-state index < -0.39 is 0 Å². The molecule has 0 atom stereocenters. The fraction of sp³-hybridized carbons (Fsp3) is 0.280. The Morgan fingerprint density at radius 2 is 1.65 bits per heavy atom. The van der Waals surface area contributed by atoms with Crippen molar-refractivity contribution >= 4 is 45.6 Å². The van der Waals surface area contributed by atoms with Gasteiger partial charge in [0.15, 0.2) is 0 Å². The van der Waals surface area contributed by atoms with Crippen LogP contribution in [0.4, 0.5) is 11.4 Å². The van der Waals surface area contributed by atoms with Crippen LogP contribution in [0.1, 0.15) is 24.2 Å². The van der Waals surface area contributed by atoms with Crippen molar-refractivity contribution in [1.29, 1.82) is 0 Å². The number of hydrogen-bond donors (Lipinski definition) is 1. The molecule has 1 heterocycles. The quantitative estimate of drug-likeness (QED) is 0.623. The van der Waals surface area contributed by atoms with Crippen LogP contribution in [0.3, 0.4) is 0 Å². The van der Waals surface area contributed by atoms with Gasteiger partial charge in [-0.15, -0.1) is 0 Å². The number of anilines is 2. The third kappa shape index (κ3) is 4.52. The largest absolute Gasteiger partial charge is 0.367 e. The van der Waals surface area contributed by atoms with E-state index in [-0.39, 0.29) is 17.7 Å². The van der Waals surface area contributed by atoms with Crippen molar-refractivity contribution in [3.63, 3.8) is 0 Å². The molecule has 0 radical (unpaired) electrons. The topological polar surface area (TPSA) is 52.7 Å². The summed E-state index contributed by atoms with van der Waals surface area (Å²) in [5.74, 6) is 0.0402. The Morgan fingerprint density at radius 1 is 0.935 bits per heavy atom. The lowest BCUT2D eigenvalue weighted by Gasteiger charge is -2.37. The Kier molecular flexibility index (Phi) is 6.14. The number of piperazine rings is 1. The van der Waals surface area contributed by atoms with Crippen molar-refractivity contribution in [2.24, 2.45) is 5.92 Å². The number of benzene rings is 3. The summed E-state index contributed by atoms with van der Waals surface area (Å²) < 4.78 is 0. The van der Waals surface area contributed by atoms with E-state index in [4.69, 9.17) is 11.6 Å². The number of nitrogens with one attached hydrogen (secondary N) is 1. The Morgan fingerprint density at radius 3 is 2.35 bits per heavy atom. The van der Waals surface area contributed by atoms with Gasteiger partial charge in [-0.3, -0.25) is 9.59 Å². The monoisotopic (exact) mass is 435 g/mol. The second kappa shape index (κ2) is 8.98. The summed E-state index contributed by atoms with van der Waals surface area (Å²) in [6.45, 7) is 6.70. The van der Waals surface area contributed by atoms with Gasteiger partial charge in [0.25, 0.3) is 5.91 Å². The maximum atomic E-state index is 12.9. The Labute approximate surface area is 187 Å². The highest BCUT2D eigenvalue weighted by molar-refractivity contribution is 6.33. The number of rotatable bonds is 4. The predicted octanol–water partition coefficient (Wildman–Crippen LogP) is 5.05. The van der Waals surface area contributed by atoms with E-state index in [0.717, 1.165) is 29.5 Å². The first-order chi connectivity index (χ1) is 14.9. The van der Waals surface area contributed by atoms with Gasteiger partial charge in [-0.1, -0.05) is 61.8 Å². The number of hydrogen-bond acceptors (Lipinski definition) is 3. The summed E-state index contributed by atoms with van der Waals surface area (Å²) in [6.07, 6.45) is 0. The van der Waals surface area contributed by atoms with Crippen molar-refractivity contribution in [3.8, 4) is 0 Å². The van der Waals surface area contributed by atoms with Crippen molar-refractivity contribution in [2.75, 3.05) is 36.4 Å². The first kappa shape index (κ1) is 21.2. The zero-order chi connectivity index (χ0) is 22.0. The van der Waals surface area contributed by atoms with E-state index in [1.807, 2.05) is 73.3 Å². The predicted molar refractivity (Wildman–Crippen MR) is 127 cm³/mol. The summed E-state index contributed by atoms with van der Waals surface area (Å²) in [5, 5.41) is 5.49. The smallest absolute Gasteiger partial charge is 0.256 e. The van der Waals surface area contributed by atoms with Crippen LogP contribution < -0.4 is 10.2 Å². The molecule has 1 saturated heterocycles. The van der Waals surface area contributed by atoms with Gasteiger partial charge in [0.05, 0.1) is 10.7 Å². The van der Waals surface area contributed by atoms with Gasteiger partial charge in [-0.25, -0.2) is 0 Å². The van der Waals surface area contributed by atoms with Gasteiger partial charge in [-0.2, -0.15) is 0 Å². The highest BCUT2D eigenvalue weighted by Gasteiger charge is 2.24. The van der Waals surface area contributed by atoms with Crippen molar-refractivity contribution in [2.45, 2.75) is 13.8 Å². The summed E-state index contributed by atoms with van der Waals surface area (Å²) in [7, 11) is 0. The number of amides is 2. The van der Waals surface area contributed by atoms with Gasteiger partial charge in [0, 0.05) is 43.3 Å². The standard InChI is InChI=1S/C25H26ClN3O2/c1-17(2)25(31)29-14-12-28(13-15-29)23-11-10-19(16-22(23)26)27-24(30)21-9-5-7-18-6-3-4-8-20(18)21/h3-11,16-17H,12-15H2,1-2H3,(H,27,30). The third-order valence-corrected chi connectivity index (χ3v) is 5.97. The number of carbonyl (C=O) groups is 2.